The number of morpholine rings is 1. The Kier molecular flexibility index (Phi) is 3.92. The molecule has 0 spiro atoms. The lowest BCUT2D eigenvalue weighted by Crippen LogP contribution is -2.46. The quantitative estimate of drug-likeness (QED) is 0.775. The number of ether oxygens (including phenoxy) is 1. The van der Waals surface area contributed by atoms with Crippen LogP contribution >= 0.6 is 0 Å². The van der Waals surface area contributed by atoms with E-state index in [1.54, 1.807) is 0 Å². The van der Waals surface area contributed by atoms with E-state index in [-0.39, 0.29) is 12.0 Å². The Hall–Kier alpha value is -1.55. The molecule has 1 aromatic rings. The van der Waals surface area contributed by atoms with Gasteiger partial charge >= 0.3 is 0 Å². The zero-order valence-electron chi connectivity index (χ0n) is 12.0. The number of hydrogen-bond donors (Lipinski definition) is 0. The molecule has 0 aromatic carbocycles. The van der Waals surface area contributed by atoms with Crippen molar-refractivity contribution in [2.45, 2.75) is 25.3 Å². The third-order valence-electron chi connectivity index (χ3n) is 4.36. The van der Waals surface area contributed by atoms with Crippen molar-refractivity contribution in [2.24, 2.45) is 13.0 Å². The van der Waals surface area contributed by atoms with Crippen molar-refractivity contribution in [1.82, 2.24) is 9.47 Å². The van der Waals surface area contributed by atoms with Crippen LogP contribution < -0.4 is 0 Å². The van der Waals surface area contributed by atoms with E-state index in [4.69, 9.17) is 4.74 Å². The Balaban J connectivity index is 1.80. The first-order chi connectivity index (χ1) is 9.77. The summed E-state index contributed by atoms with van der Waals surface area (Å²) in [5, 5.41) is 0. The fourth-order valence-electron chi connectivity index (χ4n) is 3.19. The summed E-state index contributed by atoms with van der Waals surface area (Å²) in [5.74, 6) is 0.449. The highest BCUT2D eigenvalue weighted by atomic mass is 16.5. The first-order valence-electron chi connectivity index (χ1n) is 7.42. The molecule has 0 saturated carbocycles. The predicted molar refractivity (Wildman–Crippen MR) is 77.2 cm³/mol. The molecule has 1 fully saturated rings. The van der Waals surface area contributed by atoms with Crippen LogP contribution in [0.3, 0.4) is 0 Å². The van der Waals surface area contributed by atoms with Crippen LogP contribution in [0.15, 0.2) is 30.5 Å². The van der Waals surface area contributed by atoms with Gasteiger partial charge in [-0.3, -0.25) is 4.79 Å². The zero-order chi connectivity index (χ0) is 13.9. The molecule has 3 rings (SSSR count). The van der Waals surface area contributed by atoms with Gasteiger partial charge in [0.05, 0.1) is 19.3 Å². The van der Waals surface area contributed by atoms with E-state index in [1.807, 2.05) is 24.2 Å². The molecule has 4 nitrogen and oxygen atoms in total. The van der Waals surface area contributed by atoms with Gasteiger partial charge in [0.2, 0.25) is 5.91 Å². The number of rotatable bonds is 2. The molecule has 1 aromatic heterocycles. The van der Waals surface area contributed by atoms with Gasteiger partial charge in [0.1, 0.15) is 0 Å². The molecule has 0 radical (unpaired) electrons. The van der Waals surface area contributed by atoms with Gasteiger partial charge in [-0.25, -0.2) is 0 Å². The lowest BCUT2D eigenvalue weighted by atomic mass is 9.92. The van der Waals surface area contributed by atoms with Crippen LogP contribution in [-0.4, -0.2) is 35.1 Å². The first-order valence-corrected chi connectivity index (χ1v) is 7.42. The van der Waals surface area contributed by atoms with Crippen LogP contribution in [0.2, 0.25) is 0 Å². The molecule has 0 unspecified atom stereocenters. The summed E-state index contributed by atoms with van der Waals surface area (Å²) in [6, 6.07) is 4.17. The van der Waals surface area contributed by atoms with Crippen LogP contribution in [0.25, 0.3) is 0 Å². The minimum Gasteiger partial charge on any atom is -0.377 e. The molecular weight excluding hydrogens is 252 g/mol. The van der Waals surface area contributed by atoms with Crippen molar-refractivity contribution in [3.63, 3.8) is 0 Å². The first kappa shape index (κ1) is 13.4. The van der Waals surface area contributed by atoms with Gasteiger partial charge in [0, 0.05) is 31.4 Å². The van der Waals surface area contributed by atoms with Gasteiger partial charge in [-0.1, -0.05) is 12.2 Å². The molecule has 1 saturated heterocycles. The van der Waals surface area contributed by atoms with Gasteiger partial charge in [0.15, 0.2) is 0 Å². The van der Waals surface area contributed by atoms with E-state index in [0.717, 1.165) is 25.0 Å². The Labute approximate surface area is 120 Å². The highest BCUT2D eigenvalue weighted by molar-refractivity contribution is 5.79. The molecule has 0 N–H and O–H groups in total. The van der Waals surface area contributed by atoms with Crippen molar-refractivity contribution in [1.29, 1.82) is 0 Å². The van der Waals surface area contributed by atoms with Gasteiger partial charge in [-0.15, -0.1) is 0 Å². The Morgan fingerprint density at radius 2 is 2.30 bits per heavy atom. The number of carbonyl (C=O) groups excluding carboxylic acids is 1. The standard InChI is InChI=1S/C16H22N2O2/c1-17-9-5-8-14(17)15-12-20-11-10-18(15)16(19)13-6-3-2-4-7-13/h2-3,5,8-9,13,15H,4,6-7,10-12H2,1H3/t13-,15-/m1/s1. The van der Waals surface area contributed by atoms with Gasteiger partial charge in [-0.2, -0.15) is 0 Å². The molecule has 1 aliphatic carbocycles. The highest BCUT2D eigenvalue weighted by Crippen LogP contribution is 2.29. The number of aromatic nitrogens is 1. The van der Waals surface area contributed by atoms with Crippen LogP contribution in [0.1, 0.15) is 31.0 Å². The number of allylic oxidation sites excluding steroid dienone is 2. The maximum atomic E-state index is 12.8. The molecule has 1 amide bonds. The lowest BCUT2D eigenvalue weighted by Gasteiger charge is -2.38. The third-order valence-corrected chi connectivity index (χ3v) is 4.36. The van der Waals surface area contributed by atoms with E-state index in [1.165, 1.54) is 0 Å². The van der Waals surface area contributed by atoms with Gasteiger partial charge < -0.3 is 14.2 Å². The molecule has 2 heterocycles. The predicted octanol–water partition coefficient (Wildman–Crippen LogP) is 2.28. The minimum atomic E-state index is 0.0576. The molecular formula is C16H22N2O2. The van der Waals surface area contributed by atoms with Crippen LogP contribution in [0.5, 0.6) is 0 Å². The maximum Gasteiger partial charge on any atom is 0.226 e. The molecule has 108 valence electrons. The number of hydrogen-bond acceptors (Lipinski definition) is 2. The van der Waals surface area contributed by atoms with Gasteiger partial charge in [-0.05, 0) is 31.4 Å². The summed E-state index contributed by atoms with van der Waals surface area (Å²) in [5.41, 5.74) is 1.16. The summed E-state index contributed by atoms with van der Waals surface area (Å²) < 4.78 is 7.69. The Bertz CT molecular complexity index is 506. The molecule has 20 heavy (non-hydrogen) atoms. The third kappa shape index (κ3) is 2.52. The molecule has 0 bridgehead atoms. The van der Waals surface area contributed by atoms with Gasteiger partial charge in [0.25, 0.3) is 0 Å². The highest BCUT2D eigenvalue weighted by Gasteiger charge is 2.33. The van der Waals surface area contributed by atoms with E-state index in [0.29, 0.717) is 25.7 Å². The summed E-state index contributed by atoms with van der Waals surface area (Å²) >= 11 is 0. The molecule has 4 heteroatoms. The van der Waals surface area contributed by atoms with Crippen molar-refractivity contribution in [2.75, 3.05) is 19.8 Å². The normalized spacial score (nSPS) is 26.8. The van der Waals surface area contributed by atoms with Crippen molar-refractivity contribution >= 4 is 5.91 Å². The average molecular weight is 274 g/mol. The van der Waals surface area contributed by atoms with Crippen LogP contribution in [0, 0.1) is 5.92 Å². The molecule has 2 atom stereocenters. The van der Waals surface area contributed by atoms with E-state index < -0.39 is 0 Å². The van der Waals surface area contributed by atoms with E-state index in [2.05, 4.69) is 22.8 Å². The number of carbonyl (C=O) groups is 1. The smallest absolute Gasteiger partial charge is 0.226 e. The van der Waals surface area contributed by atoms with Crippen molar-refractivity contribution in [3.8, 4) is 0 Å². The number of amides is 1. The minimum absolute atomic E-state index is 0.0576. The van der Waals surface area contributed by atoms with Crippen LogP contribution in [0.4, 0.5) is 0 Å². The summed E-state index contributed by atoms with van der Waals surface area (Å²) in [7, 11) is 2.02. The Morgan fingerprint density at radius 1 is 1.40 bits per heavy atom. The Morgan fingerprint density at radius 3 is 3.00 bits per heavy atom. The summed E-state index contributed by atoms with van der Waals surface area (Å²) in [6.45, 7) is 1.95. The SMILES string of the molecule is Cn1cccc1[C@H]1COCCN1C(=O)[C@@H]1CC=CCC1. The maximum absolute atomic E-state index is 12.8. The fraction of sp³-hybridized carbons (Fsp3) is 0.562. The second kappa shape index (κ2) is 5.83. The number of nitrogens with zero attached hydrogens (tertiary/aromatic N) is 2. The fourth-order valence-corrected chi connectivity index (χ4v) is 3.19. The monoisotopic (exact) mass is 274 g/mol. The topological polar surface area (TPSA) is 34.5 Å². The largest absolute Gasteiger partial charge is 0.377 e. The van der Waals surface area contributed by atoms with Crippen molar-refractivity contribution < 1.29 is 9.53 Å². The van der Waals surface area contributed by atoms with Crippen molar-refractivity contribution in [3.05, 3.63) is 36.2 Å². The van der Waals surface area contributed by atoms with E-state index >= 15 is 0 Å². The lowest BCUT2D eigenvalue weighted by molar-refractivity contribution is -0.145. The summed E-state index contributed by atoms with van der Waals surface area (Å²) in [6.07, 6.45) is 9.23. The van der Waals surface area contributed by atoms with Crippen LogP contribution in [-0.2, 0) is 16.6 Å². The zero-order valence-corrected chi connectivity index (χ0v) is 12.0. The molecule has 1 aliphatic heterocycles. The van der Waals surface area contributed by atoms with E-state index in [9.17, 15) is 4.79 Å². The molecule has 2 aliphatic rings. The second-order valence-corrected chi connectivity index (χ2v) is 5.65. The average Bonchev–Trinajstić information content (AvgIpc) is 2.93. The second-order valence-electron chi connectivity index (χ2n) is 5.65. The summed E-state index contributed by atoms with van der Waals surface area (Å²) in [4.78, 5) is 14.8. The number of aryl methyl sites for hydroxylation is 1.